The number of nitrogens with zero attached hydrogens (tertiary/aromatic N) is 4. The third kappa shape index (κ3) is 3.87. The first kappa shape index (κ1) is 17.9. The molecule has 0 aliphatic rings. The van der Waals surface area contributed by atoms with Gasteiger partial charge in [-0.05, 0) is 37.4 Å². The molecule has 132 valence electrons. The van der Waals surface area contributed by atoms with Crippen LogP contribution in [0, 0.1) is 0 Å². The molecule has 0 fully saturated rings. The summed E-state index contributed by atoms with van der Waals surface area (Å²) in [5.41, 5.74) is 3.17. The quantitative estimate of drug-likeness (QED) is 0.661. The number of hydrogen-bond acceptors (Lipinski definition) is 6. The number of fused-ring (bicyclic) bond motifs is 1. The summed E-state index contributed by atoms with van der Waals surface area (Å²) < 4.78 is 35.4. The average Bonchev–Trinajstić information content (AvgIpc) is 3.04. The van der Waals surface area contributed by atoms with Gasteiger partial charge in [-0.1, -0.05) is 30.3 Å². The normalized spacial score (nSPS) is 12.4. The fourth-order valence-corrected chi connectivity index (χ4v) is 4.52. The second kappa shape index (κ2) is 7.17. The van der Waals surface area contributed by atoms with Crippen molar-refractivity contribution < 1.29 is 8.42 Å². The minimum atomic E-state index is -3.63. The Morgan fingerprint density at radius 3 is 2.20 bits per heavy atom. The Morgan fingerprint density at radius 2 is 1.56 bits per heavy atom. The van der Waals surface area contributed by atoms with E-state index < -0.39 is 10.0 Å². The van der Waals surface area contributed by atoms with E-state index >= 15 is 0 Å². The standard InChI is InChI=1S/C17H20N4O2S2/c1-20(2)11-13-7-9-14(10-8-13)12-21(3)25(22,23)16-6-4-5-15-17(16)19-24-18-15/h4-10H,11-12H2,1-3H3. The number of benzene rings is 2. The Morgan fingerprint density at radius 1 is 0.920 bits per heavy atom. The van der Waals surface area contributed by atoms with E-state index in [2.05, 4.69) is 13.6 Å². The van der Waals surface area contributed by atoms with Crippen LogP contribution in [-0.2, 0) is 23.1 Å². The van der Waals surface area contributed by atoms with Gasteiger partial charge in [0, 0.05) is 20.1 Å². The van der Waals surface area contributed by atoms with Crippen molar-refractivity contribution in [1.82, 2.24) is 18.0 Å². The van der Waals surface area contributed by atoms with Crippen LogP contribution < -0.4 is 0 Å². The molecule has 0 saturated heterocycles. The predicted molar refractivity (Wildman–Crippen MR) is 99.9 cm³/mol. The van der Waals surface area contributed by atoms with E-state index in [-0.39, 0.29) is 4.90 Å². The lowest BCUT2D eigenvalue weighted by molar-refractivity contribution is 0.402. The Balaban J connectivity index is 1.82. The van der Waals surface area contributed by atoms with E-state index in [1.54, 1.807) is 25.2 Å². The summed E-state index contributed by atoms with van der Waals surface area (Å²) in [5.74, 6) is 0. The van der Waals surface area contributed by atoms with E-state index in [1.807, 2.05) is 38.4 Å². The van der Waals surface area contributed by atoms with Gasteiger partial charge in [-0.2, -0.15) is 13.1 Å². The molecule has 2 aromatic carbocycles. The molecule has 0 amide bonds. The molecular weight excluding hydrogens is 356 g/mol. The molecule has 3 aromatic rings. The zero-order valence-electron chi connectivity index (χ0n) is 14.4. The molecule has 8 heteroatoms. The maximum atomic E-state index is 12.9. The van der Waals surface area contributed by atoms with E-state index in [0.29, 0.717) is 17.6 Å². The molecule has 3 rings (SSSR count). The lowest BCUT2D eigenvalue weighted by atomic mass is 10.1. The summed E-state index contributed by atoms with van der Waals surface area (Å²) in [6.45, 7) is 1.16. The molecule has 0 N–H and O–H groups in total. The van der Waals surface area contributed by atoms with Crippen LogP contribution in [0.4, 0.5) is 0 Å². The first-order valence-corrected chi connectivity index (χ1v) is 9.95. The second-order valence-corrected chi connectivity index (χ2v) is 8.75. The lowest BCUT2D eigenvalue weighted by Crippen LogP contribution is -2.26. The molecule has 0 spiro atoms. The van der Waals surface area contributed by atoms with Crippen molar-refractivity contribution in [3.8, 4) is 0 Å². The largest absolute Gasteiger partial charge is 0.305 e. The molecule has 0 aliphatic carbocycles. The average molecular weight is 377 g/mol. The monoisotopic (exact) mass is 376 g/mol. The Hall–Kier alpha value is -1.87. The number of aromatic nitrogens is 2. The van der Waals surface area contributed by atoms with Crippen LogP contribution in [0.2, 0.25) is 0 Å². The van der Waals surface area contributed by atoms with Crippen molar-refractivity contribution in [1.29, 1.82) is 0 Å². The van der Waals surface area contributed by atoms with Crippen molar-refractivity contribution >= 4 is 32.8 Å². The van der Waals surface area contributed by atoms with Gasteiger partial charge < -0.3 is 4.90 Å². The van der Waals surface area contributed by atoms with Crippen molar-refractivity contribution in [3.05, 3.63) is 53.6 Å². The van der Waals surface area contributed by atoms with Gasteiger partial charge in [0.15, 0.2) is 0 Å². The van der Waals surface area contributed by atoms with E-state index in [1.165, 1.54) is 9.87 Å². The van der Waals surface area contributed by atoms with Crippen LogP contribution in [0.3, 0.4) is 0 Å². The maximum Gasteiger partial charge on any atom is 0.245 e. The SMILES string of the molecule is CN(C)Cc1ccc(CN(C)S(=O)(=O)c2cccc3nsnc23)cc1. The van der Waals surface area contributed by atoms with Gasteiger partial charge in [-0.15, -0.1) is 0 Å². The molecule has 0 unspecified atom stereocenters. The summed E-state index contributed by atoms with van der Waals surface area (Å²) in [6.07, 6.45) is 0. The number of sulfonamides is 1. The second-order valence-electron chi connectivity index (χ2n) is 6.20. The van der Waals surface area contributed by atoms with Crippen molar-refractivity contribution in [2.45, 2.75) is 18.0 Å². The Bertz CT molecular complexity index is 966. The van der Waals surface area contributed by atoms with Crippen LogP contribution in [0.15, 0.2) is 47.4 Å². The molecule has 6 nitrogen and oxygen atoms in total. The molecular formula is C17H20N4O2S2. The predicted octanol–water partition coefficient (Wildman–Crippen LogP) is 2.57. The van der Waals surface area contributed by atoms with Gasteiger partial charge in [0.05, 0.1) is 11.7 Å². The van der Waals surface area contributed by atoms with Gasteiger partial charge >= 0.3 is 0 Å². The van der Waals surface area contributed by atoms with Crippen molar-refractivity contribution in [3.63, 3.8) is 0 Å². The van der Waals surface area contributed by atoms with E-state index in [4.69, 9.17) is 0 Å². The van der Waals surface area contributed by atoms with Crippen molar-refractivity contribution in [2.24, 2.45) is 0 Å². The zero-order chi connectivity index (χ0) is 18.0. The summed E-state index contributed by atoms with van der Waals surface area (Å²) in [6, 6.07) is 13.0. The zero-order valence-corrected chi connectivity index (χ0v) is 16.0. The number of rotatable bonds is 6. The van der Waals surface area contributed by atoms with E-state index in [9.17, 15) is 8.42 Å². The molecule has 0 saturated carbocycles. The number of hydrogen-bond donors (Lipinski definition) is 0. The Labute approximate surface area is 152 Å². The van der Waals surface area contributed by atoms with Crippen LogP contribution in [0.1, 0.15) is 11.1 Å². The highest BCUT2D eigenvalue weighted by atomic mass is 32.2. The van der Waals surface area contributed by atoms with Crippen LogP contribution in [0.5, 0.6) is 0 Å². The van der Waals surface area contributed by atoms with Gasteiger partial charge in [0.2, 0.25) is 10.0 Å². The summed E-state index contributed by atoms with van der Waals surface area (Å²) in [7, 11) is 1.98. The third-order valence-electron chi connectivity index (χ3n) is 3.86. The van der Waals surface area contributed by atoms with Gasteiger partial charge in [0.1, 0.15) is 15.9 Å². The molecule has 0 bridgehead atoms. The fraction of sp³-hybridized carbons (Fsp3) is 0.294. The summed E-state index contributed by atoms with van der Waals surface area (Å²) in [5, 5.41) is 0. The van der Waals surface area contributed by atoms with Gasteiger partial charge in [0.25, 0.3) is 0 Å². The van der Waals surface area contributed by atoms with Crippen LogP contribution >= 0.6 is 11.7 Å². The van der Waals surface area contributed by atoms with Crippen LogP contribution in [0.25, 0.3) is 11.0 Å². The fourth-order valence-electron chi connectivity index (χ4n) is 2.61. The van der Waals surface area contributed by atoms with Crippen LogP contribution in [-0.4, -0.2) is 47.5 Å². The maximum absolute atomic E-state index is 12.9. The van der Waals surface area contributed by atoms with Gasteiger partial charge in [-0.25, -0.2) is 8.42 Å². The molecule has 0 aliphatic heterocycles. The minimum Gasteiger partial charge on any atom is -0.305 e. The summed E-state index contributed by atoms with van der Waals surface area (Å²) in [4.78, 5) is 2.29. The highest BCUT2D eigenvalue weighted by Gasteiger charge is 2.24. The first-order chi connectivity index (χ1) is 11.9. The highest BCUT2D eigenvalue weighted by Crippen LogP contribution is 2.24. The molecule has 1 heterocycles. The molecule has 0 radical (unpaired) electrons. The molecule has 25 heavy (non-hydrogen) atoms. The topological polar surface area (TPSA) is 66.4 Å². The summed E-state index contributed by atoms with van der Waals surface area (Å²) >= 11 is 1.02. The molecule has 0 atom stereocenters. The minimum absolute atomic E-state index is 0.200. The van der Waals surface area contributed by atoms with E-state index in [0.717, 1.165) is 23.8 Å². The third-order valence-corrected chi connectivity index (χ3v) is 6.24. The molecule has 1 aromatic heterocycles. The highest BCUT2D eigenvalue weighted by molar-refractivity contribution is 7.89. The lowest BCUT2D eigenvalue weighted by Gasteiger charge is -2.18. The van der Waals surface area contributed by atoms with Crippen molar-refractivity contribution in [2.75, 3.05) is 21.1 Å². The smallest absolute Gasteiger partial charge is 0.245 e. The Kier molecular flexibility index (Phi) is 5.14. The van der Waals surface area contributed by atoms with Gasteiger partial charge in [-0.3, -0.25) is 0 Å². The first-order valence-electron chi connectivity index (χ1n) is 7.78.